The second kappa shape index (κ2) is 11.5. The Morgan fingerprint density at radius 1 is 1.00 bits per heavy atom. The molecule has 1 amide bonds. The summed E-state index contributed by atoms with van der Waals surface area (Å²) in [7, 11) is 0. The number of carbonyl (C=O) groups is 1. The summed E-state index contributed by atoms with van der Waals surface area (Å²) < 4.78 is 0. The van der Waals surface area contributed by atoms with Crippen molar-refractivity contribution in [3.8, 4) is 0 Å². The summed E-state index contributed by atoms with van der Waals surface area (Å²) >= 11 is 11.9. The van der Waals surface area contributed by atoms with Crippen molar-refractivity contribution in [1.82, 2.24) is 4.90 Å². The highest BCUT2D eigenvalue weighted by Gasteiger charge is 2.09. The van der Waals surface area contributed by atoms with Crippen molar-refractivity contribution in [2.75, 3.05) is 13.1 Å². The van der Waals surface area contributed by atoms with Crippen LogP contribution in [0.15, 0.2) is 24.3 Å². The van der Waals surface area contributed by atoms with Crippen LogP contribution in [0.3, 0.4) is 0 Å². The van der Waals surface area contributed by atoms with Crippen LogP contribution in [0.25, 0.3) is 6.08 Å². The number of nitrogens with zero attached hydrogens (tertiary/aromatic N) is 1. The third-order valence-corrected chi connectivity index (χ3v) is 4.48. The molecule has 23 heavy (non-hydrogen) atoms. The molecule has 1 aromatic rings. The third kappa shape index (κ3) is 7.90. The Bertz CT molecular complexity index is 504. The maximum Gasteiger partial charge on any atom is 0.246 e. The van der Waals surface area contributed by atoms with Gasteiger partial charge in [-0.1, -0.05) is 68.8 Å². The van der Waals surface area contributed by atoms with Gasteiger partial charge in [-0.3, -0.25) is 4.79 Å². The highest BCUT2D eigenvalue weighted by Crippen LogP contribution is 2.23. The van der Waals surface area contributed by atoms with E-state index in [1.54, 1.807) is 24.3 Å². The molecule has 0 spiro atoms. The molecule has 1 aromatic carbocycles. The monoisotopic (exact) mass is 355 g/mol. The Kier molecular flexibility index (Phi) is 10.1. The second-order valence-electron chi connectivity index (χ2n) is 5.75. The topological polar surface area (TPSA) is 20.3 Å². The number of amides is 1. The molecule has 4 heteroatoms. The number of hydrogen-bond donors (Lipinski definition) is 0. The number of benzene rings is 1. The van der Waals surface area contributed by atoms with E-state index in [0.29, 0.717) is 10.0 Å². The van der Waals surface area contributed by atoms with Gasteiger partial charge < -0.3 is 4.90 Å². The van der Waals surface area contributed by atoms with Crippen LogP contribution in [0.1, 0.15) is 57.9 Å². The third-order valence-electron chi connectivity index (χ3n) is 3.74. The van der Waals surface area contributed by atoms with Gasteiger partial charge in [-0.05, 0) is 36.6 Å². The van der Waals surface area contributed by atoms with Crippen molar-refractivity contribution >= 4 is 35.2 Å². The van der Waals surface area contributed by atoms with Gasteiger partial charge in [0.15, 0.2) is 0 Å². The second-order valence-corrected chi connectivity index (χ2v) is 6.56. The zero-order valence-electron chi connectivity index (χ0n) is 14.2. The summed E-state index contributed by atoms with van der Waals surface area (Å²) in [6, 6.07) is 5.37. The van der Waals surface area contributed by atoms with E-state index in [9.17, 15) is 4.79 Å². The van der Waals surface area contributed by atoms with E-state index >= 15 is 0 Å². The number of hydrogen-bond acceptors (Lipinski definition) is 1. The molecule has 0 aliphatic rings. The van der Waals surface area contributed by atoms with Gasteiger partial charge in [-0.2, -0.15) is 0 Å². The molecular weight excluding hydrogens is 329 g/mol. The Hall–Kier alpha value is -0.990. The molecule has 0 aliphatic carbocycles. The van der Waals surface area contributed by atoms with Crippen molar-refractivity contribution in [3.63, 3.8) is 0 Å². The van der Waals surface area contributed by atoms with Gasteiger partial charge in [0, 0.05) is 19.2 Å². The molecule has 0 aromatic heterocycles. The molecule has 0 N–H and O–H groups in total. The van der Waals surface area contributed by atoms with Crippen LogP contribution in [0.2, 0.25) is 10.0 Å². The molecular formula is C19H27Cl2NO. The summed E-state index contributed by atoms with van der Waals surface area (Å²) in [6.07, 6.45) is 10.2. The first-order chi connectivity index (χ1) is 11.1. The zero-order chi connectivity index (χ0) is 17.1. The fourth-order valence-corrected chi connectivity index (χ4v) is 2.63. The summed E-state index contributed by atoms with van der Waals surface area (Å²) in [6.45, 7) is 6.02. The number of halogens is 2. The van der Waals surface area contributed by atoms with Gasteiger partial charge >= 0.3 is 0 Å². The van der Waals surface area contributed by atoms with E-state index in [1.165, 1.54) is 0 Å². The largest absolute Gasteiger partial charge is 0.339 e. The number of unbranched alkanes of at least 4 members (excludes halogenated alkanes) is 4. The molecule has 0 saturated carbocycles. The summed E-state index contributed by atoms with van der Waals surface area (Å²) in [5, 5.41) is 1.03. The first kappa shape index (κ1) is 20.1. The molecule has 0 bridgehead atoms. The lowest BCUT2D eigenvalue weighted by molar-refractivity contribution is -0.126. The zero-order valence-corrected chi connectivity index (χ0v) is 15.7. The van der Waals surface area contributed by atoms with Crippen molar-refractivity contribution < 1.29 is 4.79 Å². The van der Waals surface area contributed by atoms with Crippen molar-refractivity contribution in [1.29, 1.82) is 0 Å². The highest BCUT2D eigenvalue weighted by atomic mass is 35.5. The van der Waals surface area contributed by atoms with E-state index in [0.717, 1.165) is 57.2 Å². The smallest absolute Gasteiger partial charge is 0.246 e. The minimum absolute atomic E-state index is 0.0725. The number of carbonyl (C=O) groups excluding carboxylic acids is 1. The van der Waals surface area contributed by atoms with E-state index in [-0.39, 0.29) is 5.91 Å². The SMILES string of the molecule is CCCCCN(CCCCC)C(=O)/C=C/c1ccc(Cl)c(Cl)c1. The van der Waals surface area contributed by atoms with Crippen molar-refractivity contribution in [2.45, 2.75) is 52.4 Å². The lowest BCUT2D eigenvalue weighted by Gasteiger charge is -2.21. The fourth-order valence-electron chi connectivity index (χ4n) is 2.33. The van der Waals surface area contributed by atoms with Crippen molar-refractivity contribution in [2.24, 2.45) is 0 Å². The maximum atomic E-state index is 12.4. The predicted molar refractivity (Wildman–Crippen MR) is 101 cm³/mol. The predicted octanol–water partition coefficient (Wildman–Crippen LogP) is 6.22. The Morgan fingerprint density at radius 2 is 1.61 bits per heavy atom. The molecule has 2 nitrogen and oxygen atoms in total. The summed E-state index contributed by atoms with van der Waals surface area (Å²) in [4.78, 5) is 14.4. The quantitative estimate of drug-likeness (QED) is 0.360. The fraction of sp³-hybridized carbons (Fsp3) is 0.526. The van der Waals surface area contributed by atoms with Crippen molar-refractivity contribution in [3.05, 3.63) is 39.9 Å². The van der Waals surface area contributed by atoms with Gasteiger partial charge in [0.05, 0.1) is 10.0 Å². The van der Waals surface area contributed by atoms with Crippen LogP contribution in [-0.2, 0) is 4.79 Å². The lowest BCUT2D eigenvalue weighted by atomic mass is 10.2. The van der Waals surface area contributed by atoms with Gasteiger partial charge in [0.1, 0.15) is 0 Å². The van der Waals surface area contributed by atoms with E-state index < -0.39 is 0 Å². The van der Waals surface area contributed by atoms with Crippen LogP contribution in [0.4, 0.5) is 0 Å². The minimum Gasteiger partial charge on any atom is -0.339 e. The van der Waals surface area contributed by atoms with E-state index in [1.807, 2.05) is 11.0 Å². The van der Waals surface area contributed by atoms with Gasteiger partial charge in [-0.15, -0.1) is 0 Å². The van der Waals surface area contributed by atoms with Crippen LogP contribution in [-0.4, -0.2) is 23.9 Å². The molecule has 0 radical (unpaired) electrons. The molecule has 0 saturated heterocycles. The Morgan fingerprint density at radius 3 is 2.13 bits per heavy atom. The van der Waals surface area contributed by atoms with E-state index in [4.69, 9.17) is 23.2 Å². The lowest BCUT2D eigenvalue weighted by Crippen LogP contribution is -2.31. The molecule has 0 fully saturated rings. The number of rotatable bonds is 10. The summed E-state index contributed by atoms with van der Waals surface area (Å²) in [5.41, 5.74) is 0.884. The Labute approximate surface area is 150 Å². The average Bonchev–Trinajstić information content (AvgIpc) is 2.54. The van der Waals surface area contributed by atoms with Gasteiger partial charge in [0.25, 0.3) is 0 Å². The Balaban J connectivity index is 2.65. The van der Waals surface area contributed by atoms with Crippen LogP contribution in [0, 0.1) is 0 Å². The molecule has 0 heterocycles. The highest BCUT2D eigenvalue weighted by molar-refractivity contribution is 6.42. The van der Waals surface area contributed by atoms with Gasteiger partial charge in [-0.25, -0.2) is 0 Å². The van der Waals surface area contributed by atoms with Crippen LogP contribution >= 0.6 is 23.2 Å². The van der Waals surface area contributed by atoms with E-state index in [2.05, 4.69) is 13.8 Å². The van der Waals surface area contributed by atoms with Crippen LogP contribution < -0.4 is 0 Å². The van der Waals surface area contributed by atoms with Gasteiger partial charge in [0.2, 0.25) is 5.91 Å². The normalized spacial score (nSPS) is 11.1. The molecule has 0 unspecified atom stereocenters. The molecule has 1 rings (SSSR count). The minimum atomic E-state index is 0.0725. The molecule has 0 atom stereocenters. The average molecular weight is 356 g/mol. The maximum absolute atomic E-state index is 12.4. The summed E-state index contributed by atoms with van der Waals surface area (Å²) in [5.74, 6) is 0.0725. The molecule has 0 aliphatic heterocycles. The standard InChI is InChI=1S/C19H27Cl2NO/c1-3-5-7-13-22(14-8-6-4-2)19(23)12-10-16-9-11-17(20)18(21)15-16/h9-12,15H,3-8,13-14H2,1-2H3/b12-10+. The first-order valence-electron chi connectivity index (χ1n) is 8.50. The first-order valence-corrected chi connectivity index (χ1v) is 9.26. The van der Waals surface area contributed by atoms with Crippen LogP contribution in [0.5, 0.6) is 0 Å². The molecule has 128 valence electrons.